The van der Waals surface area contributed by atoms with E-state index in [-0.39, 0.29) is 0 Å². The van der Waals surface area contributed by atoms with E-state index in [0.29, 0.717) is 25.3 Å². The molecule has 0 aliphatic heterocycles. The Morgan fingerprint density at radius 2 is 1.86 bits per heavy atom. The first-order valence-electron chi connectivity index (χ1n) is 10.2. The lowest BCUT2D eigenvalue weighted by Crippen LogP contribution is -2.22. The molecule has 3 aromatic rings. The van der Waals surface area contributed by atoms with Crippen LogP contribution in [0, 0.1) is 0 Å². The Bertz CT molecular complexity index is 929. The summed E-state index contributed by atoms with van der Waals surface area (Å²) in [5, 5.41) is 3.46. The maximum atomic E-state index is 5.91. The third-order valence-electron chi connectivity index (χ3n) is 5.40. The number of benzene rings is 2. The Morgan fingerprint density at radius 1 is 1.07 bits per heavy atom. The van der Waals surface area contributed by atoms with Crippen molar-refractivity contribution in [1.82, 2.24) is 4.98 Å². The Morgan fingerprint density at radius 3 is 2.64 bits per heavy atom. The van der Waals surface area contributed by atoms with Crippen molar-refractivity contribution in [2.75, 3.05) is 19.0 Å². The molecule has 1 saturated carbocycles. The van der Waals surface area contributed by atoms with E-state index in [4.69, 9.17) is 13.9 Å². The lowest BCUT2D eigenvalue weighted by molar-refractivity contribution is 0.132. The second-order valence-corrected chi connectivity index (χ2v) is 7.34. The van der Waals surface area contributed by atoms with Crippen LogP contribution < -0.4 is 10.1 Å². The maximum Gasteiger partial charge on any atom is 0.295 e. The molecule has 28 heavy (non-hydrogen) atoms. The Balaban J connectivity index is 1.57. The molecule has 5 heteroatoms. The fraction of sp³-hybridized carbons (Fsp3) is 0.435. The molecule has 0 saturated heterocycles. The minimum atomic E-state index is 0.475. The molecule has 2 aromatic carbocycles. The molecular formula is C23H28N2O3. The van der Waals surface area contributed by atoms with Gasteiger partial charge in [-0.25, -0.2) is 0 Å². The van der Waals surface area contributed by atoms with Crippen LogP contribution in [0.2, 0.25) is 0 Å². The summed E-state index contributed by atoms with van der Waals surface area (Å²) in [4.78, 5) is 4.66. The number of nitrogens with one attached hydrogen (secondary N) is 1. The normalized spacial score (nSPS) is 15.1. The fourth-order valence-corrected chi connectivity index (χ4v) is 3.85. The van der Waals surface area contributed by atoms with Gasteiger partial charge >= 0.3 is 0 Å². The molecule has 1 N–H and O–H groups in total. The van der Waals surface area contributed by atoms with Gasteiger partial charge in [0.2, 0.25) is 0 Å². The van der Waals surface area contributed by atoms with Gasteiger partial charge < -0.3 is 19.2 Å². The number of methoxy groups -OCH3 is 1. The quantitative estimate of drug-likeness (QED) is 0.563. The number of anilines is 1. The summed E-state index contributed by atoms with van der Waals surface area (Å²) in [7, 11) is 1.69. The summed E-state index contributed by atoms with van der Waals surface area (Å²) in [5.74, 6) is 0.839. The van der Waals surface area contributed by atoms with Crippen LogP contribution in [-0.4, -0.2) is 24.7 Å². The van der Waals surface area contributed by atoms with Crippen molar-refractivity contribution in [1.29, 1.82) is 0 Å². The molecule has 0 spiro atoms. The maximum absolute atomic E-state index is 5.91. The van der Waals surface area contributed by atoms with E-state index in [2.05, 4.69) is 40.6 Å². The summed E-state index contributed by atoms with van der Waals surface area (Å²) in [6.07, 6.45) is 6.28. The second kappa shape index (κ2) is 8.65. The predicted molar refractivity (Wildman–Crippen MR) is 112 cm³/mol. The summed E-state index contributed by atoms with van der Waals surface area (Å²) < 4.78 is 17.0. The average molecular weight is 380 g/mol. The number of hydrogen-bond acceptors (Lipinski definition) is 5. The third-order valence-corrected chi connectivity index (χ3v) is 5.40. The molecule has 1 aliphatic carbocycles. The molecule has 1 heterocycles. The minimum Gasteiger partial charge on any atom is -0.496 e. The first-order valence-corrected chi connectivity index (χ1v) is 10.2. The van der Waals surface area contributed by atoms with Gasteiger partial charge in [0.1, 0.15) is 11.3 Å². The summed E-state index contributed by atoms with van der Waals surface area (Å²) in [5.41, 5.74) is 4.90. The van der Waals surface area contributed by atoms with E-state index in [9.17, 15) is 0 Å². The van der Waals surface area contributed by atoms with Gasteiger partial charge in [-0.15, -0.1) is 0 Å². The molecule has 148 valence electrons. The van der Waals surface area contributed by atoms with Gasteiger partial charge in [-0.05, 0) is 49.1 Å². The molecule has 1 aliphatic rings. The first kappa shape index (κ1) is 18.8. The minimum absolute atomic E-state index is 0.475. The number of rotatable bonds is 7. The van der Waals surface area contributed by atoms with Crippen LogP contribution in [-0.2, 0) is 11.3 Å². The molecule has 4 rings (SSSR count). The predicted octanol–water partition coefficient (Wildman–Crippen LogP) is 5.78. The van der Waals surface area contributed by atoms with Crippen LogP contribution >= 0.6 is 0 Å². The highest BCUT2D eigenvalue weighted by Crippen LogP contribution is 2.31. The lowest BCUT2D eigenvalue weighted by atomic mass is 9.96. The Labute approximate surface area is 166 Å². The van der Waals surface area contributed by atoms with Gasteiger partial charge in [0.05, 0.1) is 13.7 Å². The molecule has 0 bridgehead atoms. The monoisotopic (exact) mass is 380 g/mol. The van der Waals surface area contributed by atoms with Crippen molar-refractivity contribution in [3.05, 3.63) is 42.0 Å². The Kier molecular flexibility index (Phi) is 5.81. The van der Waals surface area contributed by atoms with Gasteiger partial charge in [-0.3, -0.25) is 0 Å². The highest BCUT2D eigenvalue weighted by atomic mass is 16.5. The number of nitrogens with zero attached hydrogens (tertiary/aromatic N) is 1. The molecule has 5 nitrogen and oxygen atoms in total. The van der Waals surface area contributed by atoms with Crippen LogP contribution in [0.5, 0.6) is 5.75 Å². The number of oxazole rings is 1. The largest absolute Gasteiger partial charge is 0.496 e. The first-order chi connectivity index (χ1) is 13.8. The zero-order valence-electron chi connectivity index (χ0n) is 16.7. The van der Waals surface area contributed by atoms with E-state index in [1.807, 2.05) is 13.0 Å². The number of hydrogen-bond donors (Lipinski definition) is 1. The van der Waals surface area contributed by atoms with Gasteiger partial charge in [0, 0.05) is 18.2 Å². The van der Waals surface area contributed by atoms with Gasteiger partial charge in [-0.1, -0.05) is 37.5 Å². The summed E-state index contributed by atoms with van der Waals surface area (Å²) in [6, 6.07) is 13.4. The second-order valence-electron chi connectivity index (χ2n) is 7.34. The molecule has 0 unspecified atom stereocenters. The molecule has 0 atom stereocenters. The van der Waals surface area contributed by atoms with Crippen molar-refractivity contribution < 1.29 is 13.9 Å². The lowest BCUT2D eigenvalue weighted by Gasteiger charge is -2.21. The van der Waals surface area contributed by atoms with E-state index in [0.717, 1.165) is 33.5 Å². The summed E-state index contributed by atoms with van der Waals surface area (Å²) in [6.45, 7) is 3.23. The van der Waals surface area contributed by atoms with E-state index in [1.54, 1.807) is 7.11 Å². The van der Waals surface area contributed by atoms with E-state index in [1.165, 1.54) is 32.1 Å². The van der Waals surface area contributed by atoms with Crippen molar-refractivity contribution in [3.8, 4) is 16.9 Å². The number of fused-ring (bicyclic) bond motifs is 1. The van der Waals surface area contributed by atoms with Crippen LogP contribution in [0.15, 0.2) is 40.8 Å². The zero-order valence-corrected chi connectivity index (χ0v) is 16.7. The average Bonchev–Trinajstić information content (AvgIpc) is 3.14. The van der Waals surface area contributed by atoms with Crippen LogP contribution in [0.4, 0.5) is 6.01 Å². The van der Waals surface area contributed by atoms with Gasteiger partial charge in [0.25, 0.3) is 6.01 Å². The standard InChI is InChI=1S/C23H28N2O3/c1-3-27-15-18-10-9-17(14-22(18)26-2)16-11-12-21-20(13-16)25-23(28-21)24-19-7-5-4-6-8-19/h9-14,19H,3-8,15H2,1-2H3,(H,24,25). The van der Waals surface area contributed by atoms with Crippen LogP contribution in [0.25, 0.3) is 22.2 Å². The zero-order chi connectivity index (χ0) is 19.3. The fourth-order valence-electron chi connectivity index (χ4n) is 3.85. The van der Waals surface area contributed by atoms with Crippen molar-refractivity contribution >= 4 is 17.1 Å². The number of aromatic nitrogens is 1. The Hall–Kier alpha value is -2.53. The summed E-state index contributed by atoms with van der Waals surface area (Å²) >= 11 is 0. The van der Waals surface area contributed by atoms with Crippen LogP contribution in [0.1, 0.15) is 44.6 Å². The smallest absolute Gasteiger partial charge is 0.295 e. The van der Waals surface area contributed by atoms with E-state index >= 15 is 0 Å². The molecule has 1 fully saturated rings. The van der Waals surface area contributed by atoms with Crippen molar-refractivity contribution in [2.24, 2.45) is 0 Å². The molecule has 0 radical (unpaired) electrons. The molecule has 0 amide bonds. The van der Waals surface area contributed by atoms with Crippen LogP contribution in [0.3, 0.4) is 0 Å². The number of ether oxygens (including phenoxy) is 2. The molecule has 1 aromatic heterocycles. The highest BCUT2D eigenvalue weighted by molar-refractivity contribution is 5.82. The highest BCUT2D eigenvalue weighted by Gasteiger charge is 2.16. The van der Waals surface area contributed by atoms with Gasteiger partial charge in [0.15, 0.2) is 5.58 Å². The van der Waals surface area contributed by atoms with Gasteiger partial charge in [-0.2, -0.15) is 4.98 Å². The SMILES string of the molecule is CCOCc1ccc(-c2ccc3oc(NC4CCCCC4)nc3c2)cc1OC. The van der Waals surface area contributed by atoms with Crippen molar-refractivity contribution in [2.45, 2.75) is 51.7 Å². The topological polar surface area (TPSA) is 56.5 Å². The van der Waals surface area contributed by atoms with Crippen molar-refractivity contribution in [3.63, 3.8) is 0 Å². The molecular weight excluding hydrogens is 352 g/mol. The third kappa shape index (κ3) is 4.14. The van der Waals surface area contributed by atoms with E-state index < -0.39 is 0 Å².